The van der Waals surface area contributed by atoms with Crippen molar-refractivity contribution in [3.05, 3.63) is 11.1 Å². The van der Waals surface area contributed by atoms with E-state index in [0.717, 1.165) is 29.6 Å². The predicted octanol–water partition coefficient (Wildman–Crippen LogP) is 4.42. The summed E-state index contributed by atoms with van der Waals surface area (Å²) in [6.07, 6.45) is 7.68. The molecule has 0 spiro atoms. The Labute approximate surface area is 94.1 Å². The molecule has 0 aromatic carbocycles. The highest BCUT2D eigenvalue weighted by atomic mass is 14.5. The number of rotatable bonds is 0. The number of hydrogen-bond acceptors (Lipinski definition) is 0. The maximum absolute atomic E-state index is 2.48. The van der Waals surface area contributed by atoms with Crippen LogP contribution in [0.2, 0.25) is 0 Å². The molecule has 2 unspecified atom stereocenters. The van der Waals surface area contributed by atoms with Crippen LogP contribution in [0.1, 0.15) is 52.9 Å². The zero-order chi connectivity index (χ0) is 10.6. The number of fused-ring (bicyclic) bond motifs is 1. The molecule has 15 heavy (non-hydrogen) atoms. The average Bonchev–Trinajstić information content (AvgIpc) is 2.24. The van der Waals surface area contributed by atoms with Crippen molar-refractivity contribution in [3.63, 3.8) is 0 Å². The molecule has 0 radical (unpaired) electrons. The summed E-state index contributed by atoms with van der Waals surface area (Å²) in [4.78, 5) is 0. The molecule has 2 saturated carbocycles. The van der Waals surface area contributed by atoms with Gasteiger partial charge in [-0.05, 0) is 75.5 Å². The molecular formula is C15H24. The molecule has 3 atom stereocenters. The van der Waals surface area contributed by atoms with Crippen LogP contribution in [0.25, 0.3) is 0 Å². The molecule has 0 amide bonds. The lowest BCUT2D eigenvalue weighted by atomic mass is 9.58. The average molecular weight is 204 g/mol. The summed E-state index contributed by atoms with van der Waals surface area (Å²) in [6, 6.07) is 0. The number of allylic oxidation sites excluding steroid dienone is 2. The van der Waals surface area contributed by atoms with Gasteiger partial charge in [-0.2, -0.15) is 0 Å². The summed E-state index contributed by atoms with van der Waals surface area (Å²) in [5.41, 5.74) is 3.51. The zero-order valence-corrected chi connectivity index (χ0v) is 10.4. The second-order valence-electron chi connectivity index (χ2n) is 6.52. The van der Waals surface area contributed by atoms with Crippen LogP contribution in [-0.2, 0) is 0 Å². The Morgan fingerprint density at radius 2 is 1.40 bits per heavy atom. The van der Waals surface area contributed by atoms with Crippen molar-refractivity contribution in [2.75, 3.05) is 0 Å². The van der Waals surface area contributed by atoms with Crippen molar-refractivity contribution in [3.8, 4) is 0 Å². The minimum Gasteiger partial charge on any atom is -0.0710 e. The summed E-state index contributed by atoms with van der Waals surface area (Å²) >= 11 is 0. The van der Waals surface area contributed by atoms with Crippen molar-refractivity contribution in [2.45, 2.75) is 52.9 Å². The third-order valence-corrected chi connectivity index (χ3v) is 5.80. The first-order valence-corrected chi connectivity index (χ1v) is 6.82. The highest BCUT2D eigenvalue weighted by Gasteiger charge is 2.41. The molecule has 0 N–H and O–H groups in total. The summed E-state index contributed by atoms with van der Waals surface area (Å²) in [5, 5.41) is 0. The molecule has 0 heterocycles. The molecule has 4 aliphatic rings. The molecule has 4 rings (SSSR count). The van der Waals surface area contributed by atoms with Gasteiger partial charge >= 0.3 is 0 Å². The van der Waals surface area contributed by atoms with Crippen LogP contribution in [0.3, 0.4) is 0 Å². The van der Waals surface area contributed by atoms with E-state index in [1.54, 1.807) is 30.4 Å². The van der Waals surface area contributed by atoms with Crippen molar-refractivity contribution < 1.29 is 0 Å². The molecule has 0 aromatic heterocycles. The second kappa shape index (κ2) is 3.37. The number of hydrogen-bond donors (Lipinski definition) is 0. The van der Waals surface area contributed by atoms with E-state index in [0.29, 0.717) is 0 Å². The van der Waals surface area contributed by atoms with Gasteiger partial charge in [0.1, 0.15) is 0 Å². The molecule has 84 valence electrons. The third kappa shape index (κ3) is 1.48. The van der Waals surface area contributed by atoms with Gasteiger partial charge < -0.3 is 0 Å². The summed E-state index contributed by atoms with van der Waals surface area (Å²) in [5.74, 6) is 5.01. The van der Waals surface area contributed by atoms with Crippen LogP contribution < -0.4 is 0 Å². The molecule has 2 fully saturated rings. The van der Waals surface area contributed by atoms with Crippen molar-refractivity contribution >= 4 is 0 Å². The Kier molecular flexibility index (Phi) is 2.23. The van der Waals surface area contributed by atoms with E-state index in [2.05, 4.69) is 20.8 Å². The smallest absolute Gasteiger partial charge is 0.0198 e. The molecule has 0 aromatic rings. The Morgan fingerprint density at radius 3 is 2.00 bits per heavy atom. The van der Waals surface area contributed by atoms with Gasteiger partial charge in [0.2, 0.25) is 0 Å². The van der Waals surface area contributed by atoms with E-state index in [1.165, 1.54) is 12.8 Å². The monoisotopic (exact) mass is 204 g/mol. The highest BCUT2D eigenvalue weighted by Crippen LogP contribution is 2.52. The van der Waals surface area contributed by atoms with Gasteiger partial charge in [-0.25, -0.2) is 0 Å². The Bertz CT molecular complexity index is 285. The van der Waals surface area contributed by atoms with Crippen LogP contribution in [0.15, 0.2) is 11.1 Å². The Hall–Kier alpha value is -0.260. The van der Waals surface area contributed by atoms with Crippen LogP contribution in [-0.4, -0.2) is 0 Å². The lowest BCUT2D eigenvalue weighted by Crippen LogP contribution is -2.37. The largest absolute Gasteiger partial charge is 0.0710 e. The molecule has 0 heteroatoms. The molecule has 0 nitrogen and oxygen atoms in total. The highest BCUT2D eigenvalue weighted by molar-refractivity contribution is 5.20. The molecule has 0 saturated heterocycles. The van der Waals surface area contributed by atoms with Gasteiger partial charge in [0.15, 0.2) is 0 Å². The van der Waals surface area contributed by atoms with Gasteiger partial charge in [0, 0.05) is 0 Å². The van der Waals surface area contributed by atoms with Crippen LogP contribution in [0.4, 0.5) is 0 Å². The first-order valence-electron chi connectivity index (χ1n) is 6.82. The molecular weight excluding hydrogens is 180 g/mol. The first-order chi connectivity index (χ1) is 7.15. The fraction of sp³-hybridized carbons (Fsp3) is 0.867. The van der Waals surface area contributed by atoms with Gasteiger partial charge in [0.25, 0.3) is 0 Å². The van der Waals surface area contributed by atoms with Gasteiger partial charge in [-0.1, -0.05) is 18.1 Å². The lowest BCUT2D eigenvalue weighted by molar-refractivity contribution is 0.0808. The zero-order valence-electron chi connectivity index (χ0n) is 10.4. The SMILES string of the molecule is C/C1=C(\C)[C@@H](C)C2CC3CC(CC1C3)C2. The van der Waals surface area contributed by atoms with Crippen molar-refractivity contribution in [1.82, 2.24) is 0 Å². The molecule has 4 aliphatic carbocycles. The van der Waals surface area contributed by atoms with Crippen LogP contribution in [0.5, 0.6) is 0 Å². The van der Waals surface area contributed by atoms with Gasteiger partial charge in [-0.3, -0.25) is 0 Å². The summed E-state index contributed by atoms with van der Waals surface area (Å²) in [7, 11) is 0. The van der Waals surface area contributed by atoms with Crippen LogP contribution in [0, 0.1) is 29.6 Å². The fourth-order valence-corrected chi connectivity index (χ4v) is 4.70. The van der Waals surface area contributed by atoms with E-state index in [9.17, 15) is 0 Å². The lowest BCUT2D eigenvalue weighted by Gasteiger charge is -2.48. The summed E-state index contributed by atoms with van der Waals surface area (Å²) in [6.45, 7) is 7.31. The maximum Gasteiger partial charge on any atom is -0.0198 e. The standard InChI is InChI=1S/C15H24/c1-9-10(2)14-5-12-4-13(6-14)8-15(7-12)11(9)3/h10,12-15H,4-8H2,1-3H3/b11-9-/t10-,12?,13?,14?,15?/m1/s1. The van der Waals surface area contributed by atoms with Crippen molar-refractivity contribution in [1.29, 1.82) is 0 Å². The maximum atomic E-state index is 2.48. The predicted molar refractivity (Wildman–Crippen MR) is 64.6 cm³/mol. The minimum absolute atomic E-state index is 0.874. The second-order valence-corrected chi connectivity index (χ2v) is 6.52. The normalized spacial score (nSPS) is 54.2. The molecule has 4 bridgehead atoms. The fourth-order valence-electron chi connectivity index (χ4n) is 4.70. The van der Waals surface area contributed by atoms with E-state index < -0.39 is 0 Å². The third-order valence-electron chi connectivity index (χ3n) is 5.80. The minimum atomic E-state index is 0.874. The van der Waals surface area contributed by atoms with Gasteiger partial charge in [0.05, 0.1) is 0 Å². The van der Waals surface area contributed by atoms with Crippen LogP contribution >= 0.6 is 0 Å². The van der Waals surface area contributed by atoms with E-state index in [4.69, 9.17) is 0 Å². The Morgan fingerprint density at radius 1 is 0.800 bits per heavy atom. The first kappa shape index (κ1) is 9.93. The van der Waals surface area contributed by atoms with E-state index >= 15 is 0 Å². The van der Waals surface area contributed by atoms with E-state index in [1.807, 2.05) is 0 Å². The molecule has 0 aliphatic heterocycles. The Balaban J connectivity index is 2.03. The topological polar surface area (TPSA) is 0 Å². The summed E-state index contributed by atoms with van der Waals surface area (Å²) < 4.78 is 0. The van der Waals surface area contributed by atoms with Crippen molar-refractivity contribution in [2.24, 2.45) is 29.6 Å². The quantitative estimate of drug-likeness (QED) is 0.513. The van der Waals surface area contributed by atoms with Gasteiger partial charge in [-0.15, -0.1) is 0 Å². The van der Waals surface area contributed by atoms with E-state index in [-0.39, 0.29) is 0 Å².